The maximum absolute atomic E-state index is 12.0. The van der Waals surface area contributed by atoms with E-state index in [-0.39, 0.29) is 5.82 Å². The Balaban J connectivity index is 1.81. The number of aliphatic carboxylic acids is 1. The van der Waals surface area contributed by atoms with Gasteiger partial charge in [-0.15, -0.1) is 0 Å². The predicted octanol–water partition coefficient (Wildman–Crippen LogP) is 4.89. The van der Waals surface area contributed by atoms with Crippen LogP contribution in [0.1, 0.15) is 38.1 Å². The second kappa shape index (κ2) is 8.09. The summed E-state index contributed by atoms with van der Waals surface area (Å²) in [4.78, 5) is 16.6. The number of nitrogens with zero attached hydrogens (tertiary/aromatic N) is 3. The third-order valence-corrected chi connectivity index (χ3v) is 5.09. The fourth-order valence-electron chi connectivity index (χ4n) is 3.70. The minimum atomic E-state index is -1.25. The molecule has 0 saturated carbocycles. The first-order valence-corrected chi connectivity index (χ1v) is 10.4. The van der Waals surface area contributed by atoms with Gasteiger partial charge in [0.15, 0.2) is 11.8 Å². The molecule has 0 unspecified atom stereocenters. The van der Waals surface area contributed by atoms with Crippen LogP contribution < -0.4 is 5.73 Å². The molecule has 4 aromatic rings. The van der Waals surface area contributed by atoms with Crippen molar-refractivity contribution in [3.05, 3.63) is 71.9 Å². The molecular formula is C25H26N4O3. The third kappa shape index (κ3) is 4.20. The van der Waals surface area contributed by atoms with E-state index in [1.165, 1.54) is 4.52 Å². The van der Waals surface area contributed by atoms with Crippen LogP contribution in [0.5, 0.6) is 0 Å². The number of carboxylic acid groups (broad SMARTS) is 1. The molecule has 1 atom stereocenters. The zero-order chi connectivity index (χ0) is 23.0. The van der Waals surface area contributed by atoms with Crippen molar-refractivity contribution in [2.75, 3.05) is 5.73 Å². The zero-order valence-corrected chi connectivity index (χ0v) is 18.5. The summed E-state index contributed by atoms with van der Waals surface area (Å²) < 4.78 is 7.27. The predicted molar refractivity (Wildman–Crippen MR) is 124 cm³/mol. The molecule has 0 bridgehead atoms. The Hall–Kier alpha value is -3.71. The Morgan fingerprint density at radius 3 is 2.34 bits per heavy atom. The summed E-state index contributed by atoms with van der Waals surface area (Å²) in [5.41, 5.74) is 10.9. The van der Waals surface area contributed by atoms with Gasteiger partial charge in [-0.25, -0.2) is 9.78 Å². The molecule has 2 heterocycles. The van der Waals surface area contributed by atoms with Crippen molar-refractivity contribution in [3.63, 3.8) is 0 Å². The van der Waals surface area contributed by atoms with Gasteiger partial charge in [0.05, 0.1) is 16.9 Å². The van der Waals surface area contributed by atoms with Gasteiger partial charge in [0.1, 0.15) is 5.82 Å². The quantitative estimate of drug-likeness (QED) is 0.467. The van der Waals surface area contributed by atoms with E-state index in [2.05, 4.69) is 28.3 Å². The van der Waals surface area contributed by atoms with E-state index in [1.54, 1.807) is 27.7 Å². The molecule has 0 aliphatic carbocycles. The number of nitrogen functional groups attached to an aromatic ring is 1. The van der Waals surface area contributed by atoms with E-state index in [0.717, 1.165) is 16.7 Å². The number of aromatic nitrogens is 3. The smallest absolute Gasteiger partial charge is 0.337 e. The number of nitrogens with two attached hydrogens (primary N) is 1. The van der Waals surface area contributed by atoms with Gasteiger partial charge in [-0.2, -0.15) is 9.61 Å². The molecule has 2 aromatic heterocycles. The minimum Gasteiger partial charge on any atom is -0.479 e. The van der Waals surface area contributed by atoms with Crippen LogP contribution >= 0.6 is 0 Å². The average Bonchev–Trinajstić information content (AvgIpc) is 3.17. The Kier molecular flexibility index (Phi) is 5.44. The van der Waals surface area contributed by atoms with Crippen LogP contribution in [0.25, 0.3) is 28.0 Å². The third-order valence-electron chi connectivity index (χ3n) is 5.09. The first-order valence-electron chi connectivity index (χ1n) is 10.4. The number of ether oxygens (including phenoxy) is 1. The highest BCUT2D eigenvalue weighted by molar-refractivity contribution is 5.78. The van der Waals surface area contributed by atoms with Crippen molar-refractivity contribution in [1.82, 2.24) is 14.6 Å². The number of aryl methyl sites for hydroxylation is 1. The van der Waals surface area contributed by atoms with E-state index < -0.39 is 17.7 Å². The van der Waals surface area contributed by atoms with E-state index in [4.69, 9.17) is 10.5 Å². The van der Waals surface area contributed by atoms with Gasteiger partial charge in [-0.05, 0) is 44.9 Å². The van der Waals surface area contributed by atoms with Crippen LogP contribution in [0.4, 0.5) is 5.82 Å². The van der Waals surface area contributed by atoms with Gasteiger partial charge < -0.3 is 15.6 Å². The van der Waals surface area contributed by atoms with Crippen LogP contribution in [0, 0.1) is 6.92 Å². The first kappa shape index (κ1) is 21.5. The van der Waals surface area contributed by atoms with Gasteiger partial charge in [0.25, 0.3) is 0 Å². The van der Waals surface area contributed by atoms with Crippen molar-refractivity contribution in [2.24, 2.45) is 0 Å². The fourth-order valence-corrected chi connectivity index (χ4v) is 3.70. The molecule has 0 aliphatic rings. The number of carbonyl (C=O) groups is 1. The highest BCUT2D eigenvalue weighted by atomic mass is 16.5. The number of fused-ring (bicyclic) bond motifs is 1. The summed E-state index contributed by atoms with van der Waals surface area (Å²) in [6.45, 7) is 7.13. The van der Waals surface area contributed by atoms with Crippen molar-refractivity contribution in [3.8, 4) is 22.4 Å². The molecule has 3 N–H and O–H groups in total. The lowest BCUT2D eigenvalue weighted by molar-refractivity contribution is -0.160. The SMILES string of the molecule is Cc1nc2cc(-c3cccc(-c4ccccc4)c3)nn2c(N)c1[C@H](OC(C)(C)C)C(=O)O. The molecule has 0 spiro atoms. The van der Waals surface area contributed by atoms with Crippen LogP contribution in [0.2, 0.25) is 0 Å². The highest BCUT2D eigenvalue weighted by Gasteiger charge is 2.31. The first-order chi connectivity index (χ1) is 15.1. The van der Waals surface area contributed by atoms with Crippen molar-refractivity contribution >= 4 is 17.4 Å². The van der Waals surface area contributed by atoms with E-state index in [9.17, 15) is 9.90 Å². The molecule has 0 saturated heterocycles. The summed E-state index contributed by atoms with van der Waals surface area (Å²) in [5.74, 6) is -0.923. The maximum atomic E-state index is 12.0. The largest absolute Gasteiger partial charge is 0.479 e. The molecule has 7 heteroatoms. The number of carboxylic acids is 1. The Bertz CT molecular complexity index is 1290. The van der Waals surface area contributed by atoms with Crippen LogP contribution in [-0.2, 0) is 9.53 Å². The Labute approximate surface area is 186 Å². The molecule has 0 amide bonds. The van der Waals surface area contributed by atoms with Gasteiger partial charge >= 0.3 is 5.97 Å². The zero-order valence-electron chi connectivity index (χ0n) is 18.5. The lowest BCUT2D eigenvalue weighted by Crippen LogP contribution is -2.29. The summed E-state index contributed by atoms with van der Waals surface area (Å²) >= 11 is 0. The number of rotatable bonds is 5. The summed E-state index contributed by atoms with van der Waals surface area (Å²) in [7, 11) is 0. The Morgan fingerprint density at radius 2 is 1.69 bits per heavy atom. The second-order valence-electron chi connectivity index (χ2n) is 8.69. The fraction of sp³-hybridized carbons (Fsp3) is 0.240. The molecule has 4 rings (SSSR count). The van der Waals surface area contributed by atoms with Crippen molar-refractivity contribution < 1.29 is 14.6 Å². The van der Waals surface area contributed by atoms with E-state index >= 15 is 0 Å². The van der Waals surface area contributed by atoms with Crippen molar-refractivity contribution in [1.29, 1.82) is 0 Å². The standard InChI is InChI=1S/C25H26N4O3/c1-15-21(22(24(30)31)32-25(2,3)4)23(26)29-20(27-15)14-19(28-29)18-12-8-11-17(13-18)16-9-6-5-7-10-16/h5-14,22H,26H2,1-4H3,(H,30,31)/t22-/m0/s1. The lowest BCUT2D eigenvalue weighted by Gasteiger charge is -2.26. The topological polar surface area (TPSA) is 103 Å². The lowest BCUT2D eigenvalue weighted by atomic mass is 10.0. The van der Waals surface area contributed by atoms with Crippen LogP contribution in [0.15, 0.2) is 60.7 Å². The number of hydrogen-bond acceptors (Lipinski definition) is 5. The van der Waals surface area contributed by atoms with Crippen LogP contribution in [-0.4, -0.2) is 31.3 Å². The molecule has 164 valence electrons. The number of benzene rings is 2. The van der Waals surface area contributed by atoms with Gasteiger partial charge in [-0.1, -0.05) is 48.5 Å². The molecule has 0 fully saturated rings. The summed E-state index contributed by atoms with van der Waals surface area (Å²) in [5, 5.41) is 14.4. The molecule has 0 aliphatic heterocycles. The van der Waals surface area contributed by atoms with Crippen LogP contribution in [0.3, 0.4) is 0 Å². The maximum Gasteiger partial charge on any atom is 0.337 e. The van der Waals surface area contributed by atoms with E-state index in [0.29, 0.717) is 22.6 Å². The highest BCUT2D eigenvalue weighted by Crippen LogP contribution is 2.32. The molecule has 32 heavy (non-hydrogen) atoms. The Morgan fingerprint density at radius 1 is 1.03 bits per heavy atom. The number of anilines is 1. The monoisotopic (exact) mass is 430 g/mol. The van der Waals surface area contributed by atoms with Gasteiger partial charge in [0, 0.05) is 17.3 Å². The number of hydrogen-bond donors (Lipinski definition) is 2. The summed E-state index contributed by atoms with van der Waals surface area (Å²) in [6, 6.07) is 20.0. The summed E-state index contributed by atoms with van der Waals surface area (Å²) in [6.07, 6.45) is -1.25. The van der Waals surface area contributed by atoms with E-state index in [1.807, 2.05) is 42.5 Å². The van der Waals surface area contributed by atoms with Gasteiger partial charge in [0.2, 0.25) is 0 Å². The molecule has 0 radical (unpaired) electrons. The second-order valence-corrected chi connectivity index (χ2v) is 8.69. The molecule has 2 aromatic carbocycles. The van der Waals surface area contributed by atoms with Gasteiger partial charge in [-0.3, -0.25) is 0 Å². The molecule has 7 nitrogen and oxygen atoms in total. The molecular weight excluding hydrogens is 404 g/mol. The average molecular weight is 431 g/mol. The van der Waals surface area contributed by atoms with Crippen molar-refractivity contribution in [2.45, 2.75) is 39.4 Å². The minimum absolute atomic E-state index is 0.203. The normalized spacial score (nSPS) is 12.8.